The second-order valence-corrected chi connectivity index (χ2v) is 7.08. The second kappa shape index (κ2) is 10.1. The molecule has 0 aromatic carbocycles. The summed E-state index contributed by atoms with van der Waals surface area (Å²) in [7, 11) is 0. The lowest BCUT2D eigenvalue weighted by atomic mass is 9.85. The molecule has 0 aliphatic carbocycles. The van der Waals surface area contributed by atoms with Gasteiger partial charge in [-0.05, 0) is 30.6 Å². The first-order chi connectivity index (χ1) is 9.32. The lowest BCUT2D eigenvalue weighted by molar-refractivity contribution is -0.538. The Kier molecular flexibility index (Phi) is 9.70. The van der Waals surface area contributed by atoms with Crippen molar-refractivity contribution in [1.29, 1.82) is 0 Å². The van der Waals surface area contributed by atoms with Crippen LogP contribution in [0, 0.1) is 11.3 Å². The highest BCUT2D eigenvalue weighted by Gasteiger charge is 2.22. The molecule has 0 amide bonds. The van der Waals surface area contributed by atoms with Crippen molar-refractivity contribution in [3.8, 4) is 0 Å². The summed E-state index contributed by atoms with van der Waals surface area (Å²) in [5.74, 6) is 0.686. The molecule has 0 aromatic rings. The van der Waals surface area contributed by atoms with E-state index in [0.717, 1.165) is 19.5 Å². The van der Waals surface area contributed by atoms with Gasteiger partial charge in [-0.25, -0.2) is 4.58 Å². The zero-order valence-corrected chi connectivity index (χ0v) is 14.7. The van der Waals surface area contributed by atoms with Crippen molar-refractivity contribution >= 4 is 6.02 Å². The third-order valence-corrected chi connectivity index (χ3v) is 3.45. The first-order valence-electron chi connectivity index (χ1n) is 8.32. The van der Waals surface area contributed by atoms with Crippen molar-refractivity contribution in [2.45, 2.75) is 73.6 Å². The van der Waals surface area contributed by atoms with E-state index in [2.05, 4.69) is 46.1 Å². The highest BCUT2D eigenvalue weighted by Crippen LogP contribution is 2.25. The van der Waals surface area contributed by atoms with Gasteiger partial charge in [0.25, 0.3) is 0 Å². The summed E-state index contributed by atoms with van der Waals surface area (Å²) in [6, 6.07) is 0.615. The van der Waals surface area contributed by atoms with E-state index in [4.69, 9.17) is 10.5 Å². The second-order valence-electron chi connectivity index (χ2n) is 7.08. The average molecular weight is 285 g/mol. The maximum Gasteiger partial charge on any atom is 0.441 e. The van der Waals surface area contributed by atoms with Crippen LogP contribution in [0.25, 0.3) is 0 Å². The van der Waals surface area contributed by atoms with E-state index in [1.807, 2.05) is 0 Å². The largest absolute Gasteiger partial charge is 0.441 e. The summed E-state index contributed by atoms with van der Waals surface area (Å²) in [6.07, 6.45) is 5.88. The lowest BCUT2D eigenvalue weighted by Gasteiger charge is -2.25. The Balaban J connectivity index is 4.52. The maximum absolute atomic E-state index is 6.16. The number of hydrogen-bond donors (Lipinski definition) is 1. The third-order valence-electron chi connectivity index (χ3n) is 3.45. The van der Waals surface area contributed by atoms with E-state index < -0.39 is 0 Å². The van der Waals surface area contributed by atoms with Gasteiger partial charge in [-0.2, -0.15) is 0 Å². The first-order valence-corrected chi connectivity index (χ1v) is 8.32. The van der Waals surface area contributed by atoms with Crippen LogP contribution in [0.3, 0.4) is 0 Å². The van der Waals surface area contributed by atoms with Crippen molar-refractivity contribution in [1.82, 2.24) is 0 Å². The summed E-state index contributed by atoms with van der Waals surface area (Å²) >= 11 is 0. The van der Waals surface area contributed by atoms with E-state index in [1.54, 1.807) is 0 Å². The van der Waals surface area contributed by atoms with Crippen LogP contribution < -0.4 is 5.73 Å². The van der Waals surface area contributed by atoms with Crippen LogP contribution in [0.1, 0.15) is 73.6 Å². The summed E-state index contributed by atoms with van der Waals surface area (Å²) < 4.78 is 8.09. The molecule has 0 aromatic heterocycles. The summed E-state index contributed by atoms with van der Waals surface area (Å²) in [6.45, 7) is 16.1. The van der Waals surface area contributed by atoms with Crippen molar-refractivity contribution in [2.75, 3.05) is 19.7 Å². The van der Waals surface area contributed by atoms with Crippen molar-refractivity contribution in [2.24, 2.45) is 17.1 Å². The standard InChI is InChI=1S/C17H36N2O/c1-7-9-11-19(12-10-8-2)16(18)20-14-17(5,6)13-15(3)4/h15,18H,7-14H2,1-6H3/p+1. The molecule has 0 radical (unpaired) electrons. The molecule has 0 saturated heterocycles. The van der Waals surface area contributed by atoms with Crippen LogP contribution >= 0.6 is 0 Å². The number of nitrogens with two attached hydrogens (primary N) is 1. The Morgan fingerprint density at radius 1 is 1.10 bits per heavy atom. The van der Waals surface area contributed by atoms with Gasteiger partial charge >= 0.3 is 6.02 Å². The van der Waals surface area contributed by atoms with Gasteiger partial charge in [0.2, 0.25) is 0 Å². The van der Waals surface area contributed by atoms with Gasteiger partial charge in [0.15, 0.2) is 0 Å². The quantitative estimate of drug-likeness (QED) is 0.374. The Hall–Kier alpha value is -0.730. The van der Waals surface area contributed by atoms with Crippen LogP contribution in [-0.2, 0) is 4.74 Å². The molecular weight excluding hydrogens is 248 g/mol. The Labute approximate surface area is 126 Å². The molecule has 120 valence electrons. The van der Waals surface area contributed by atoms with Crippen LogP contribution in [0.5, 0.6) is 0 Å². The smallest absolute Gasteiger partial charge is 0.431 e. The molecule has 3 nitrogen and oxygen atoms in total. The molecule has 0 bridgehead atoms. The molecule has 0 aliphatic heterocycles. The minimum Gasteiger partial charge on any atom is -0.431 e. The monoisotopic (exact) mass is 285 g/mol. The predicted molar refractivity (Wildman–Crippen MR) is 88.2 cm³/mol. The summed E-state index contributed by atoms with van der Waals surface area (Å²) in [5, 5.41) is 0. The SMILES string of the molecule is CCCC[N+](CCCC)=C(N)OCC(C)(C)CC(C)C. The van der Waals surface area contributed by atoms with E-state index in [1.165, 1.54) is 25.7 Å². The lowest BCUT2D eigenvalue weighted by Crippen LogP contribution is -2.35. The molecule has 0 unspecified atom stereocenters. The van der Waals surface area contributed by atoms with E-state index in [9.17, 15) is 0 Å². The minimum absolute atomic E-state index is 0.181. The van der Waals surface area contributed by atoms with Gasteiger partial charge in [-0.15, -0.1) is 0 Å². The van der Waals surface area contributed by atoms with Crippen molar-refractivity contribution in [3.05, 3.63) is 0 Å². The molecular formula is C17H37N2O+. The normalized spacial score (nSPS) is 11.8. The summed E-state index contributed by atoms with van der Waals surface area (Å²) in [4.78, 5) is 0. The fraction of sp³-hybridized carbons (Fsp3) is 0.941. The van der Waals surface area contributed by atoms with E-state index in [0.29, 0.717) is 18.5 Å². The Bertz CT molecular complexity index is 273. The van der Waals surface area contributed by atoms with Gasteiger partial charge in [0, 0.05) is 0 Å². The fourth-order valence-corrected chi connectivity index (χ4v) is 2.55. The maximum atomic E-state index is 6.16. The van der Waals surface area contributed by atoms with Gasteiger partial charge in [0.05, 0.1) is 13.1 Å². The zero-order valence-electron chi connectivity index (χ0n) is 14.7. The highest BCUT2D eigenvalue weighted by atomic mass is 16.5. The van der Waals surface area contributed by atoms with E-state index in [-0.39, 0.29) is 5.41 Å². The molecule has 0 fully saturated rings. The first kappa shape index (κ1) is 19.3. The van der Waals surface area contributed by atoms with Gasteiger partial charge in [0.1, 0.15) is 6.61 Å². The highest BCUT2D eigenvalue weighted by molar-refractivity contribution is 5.65. The number of ether oxygens (including phenoxy) is 1. The number of hydrogen-bond acceptors (Lipinski definition) is 1. The molecule has 0 aliphatic rings. The molecule has 20 heavy (non-hydrogen) atoms. The predicted octanol–water partition coefficient (Wildman–Crippen LogP) is 4.00. The molecule has 0 rings (SSSR count). The molecule has 0 saturated carbocycles. The van der Waals surface area contributed by atoms with Crippen LogP contribution in [0.15, 0.2) is 0 Å². The van der Waals surface area contributed by atoms with Crippen molar-refractivity contribution < 1.29 is 9.31 Å². The molecule has 0 spiro atoms. The van der Waals surface area contributed by atoms with Gasteiger partial charge in [-0.3, -0.25) is 5.73 Å². The molecule has 2 N–H and O–H groups in total. The molecule has 3 heteroatoms. The summed E-state index contributed by atoms with van der Waals surface area (Å²) in [5.41, 5.74) is 6.34. The Morgan fingerprint density at radius 2 is 1.60 bits per heavy atom. The third kappa shape index (κ3) is 9.22. The van der Waals surface area contributed by atoms with Crippen LogP contribution in [-0.4, -0.2) is 30.3 Å². The minimum atomic E-state index is 0.181. The number of unbranched alkanes of at least 4 members (excludes halogenated alkanes) is 2. The van der Waals surface area contributed by atoms with Gasteiger partial charge < -0.3 is 4.74 Å². The van der Waals surface area contributed by atoms with Gasteiger partial charge in [-0.1, -0.05) is 54.4 Å². The van der Waals surface area contributed by atoms with Crippen LogP contribution in [0.4, 0.5) is 0 Å². The van der Waals surface area contributed by atoms with E-state index >= 15 is 0 Å². The Morgan fingerprint density at radius 3 is 2.00 bits per heavy atom. The topological polar surface area (TPSA) is 38.3 Å². The molecule has 0 heterocycles. The number of amidine groups is 1. The molecule has 0 atom stereocenters. The fourth-order valence-electron chi connectivity index (χ4n) is 2.55. The zero-order chi connectivity index (χ0) is 15.6. The average Bonchev–Trinajstić information content (AvgIpc) is 2.35. The van der Waals surface area contributed by atoms with Crippen LogP contribution in [0.2, 0.25) is 0 Å². The van der Waals surface area contributed by atoms with Crippen molar-refractivity contribution in [3.63, 3.8) is 0 Å². The number of rotatable bonds is 10. The number of nitrogens with zero attached hydrogens (tertiary/aromatic N) is 1.